The number of carbonyl (C=O) groups excluding carboxylic acids is 1. The molecule has 0 saturated carbocycles. The van der Waals surface area contributed by atoms with Crippen LogP contribution in [-0.2, 0) is 4.79 Å². The monoisotopic (exact) mass is 202 g/mol. The molecule has 84 valence electrons. The van der Waals surface area contributed by atoms with Gasteiger partial charge in [0.25, 0.3) is 0 Å². The number of hydrogen-bond acceptors (Lipinski definition) is 3. The second-order valence-corrected chi connectivity index (χ2v) is 3.67. The Kier molecular flexibility index (Phi) is 7.42. The van der Waals surface area contributed by atoms with Gasteiger partial charge in [-0.15, -0.1) is 0 Å². The van der Waals surface area contributed by atoms with Crippen molar-refractivity contribution in [3.05, 3.63) is 0 Å². The highest BCUT2D eigenvalue weighted by atomic mass is 16.2. The molecule has 0 aliphatic rings. The van der Waals surface area contributed by atoms with Crippen LogP contribution in [-0.4, -0.2) is 29.7 Å². The second-order valence-electron chi connectivity index (χ2n) is 3.67. The van der Waals surface area contributed by atoms with Gasteiger partial charge >= 0.3 is 0 Å². The molecule has 0 heterocycles. The van der Waals surface area contributed by atoms with Crippen LogP contribution in [0.25, 0.3) is 0 Å². The van der Waals surface area contributed by atoms with Crippen molar-refractivity contribution in [1.82, 2.24) is 5.32 Å². The summed E-state index contributed by atoms with van der Waals surface area (Å²) in [6.07, 6.45) is 3.14. The summed E-state index contributed by atoms with van der Waals surface area (Å²) in [6, 6.07) is -0.297. The van der Waals surface area contributed by atoms with Gasteiger partial charge in [0.05, 0.1) is 6.04 Å². The normalized spacial score (nSPS) is 14.9. The van der Waals surface area contributed by atoms with Crippen molar-refractivity contribution < 1.29 is 9.90 Å². The minimum absolute atomic E-state index is 0.0858. The molecular weight excluding hydrogens is 180 g/mol. The van der Waals surface area contributed by atoms with Crippen LogP contribution in [0, 0.1) is 0 Å². The number of aliphatic hydroxyl groups excluding tert-OH is 1. The molecule has 0 aliphatic carbocycles. The van der Waals surface area contributed by atoms with E-state index in [1.807, 2.05) is 13.8 Å². The fourth-order valence-electron chi connectivity index (χ4n) is 1.26. The van der Waals surface area contributed by atoms with Gasteiger partial charge in [-0.05, 0) is 26.2 Å². The lowest BCUT2D eigenvalue weighted by Crippen LogP contribution is -2.44. The number of hydrogen-bond donors (Lipinski definition) is 3. The zero-order chi connectivity index (χ0) is 11.0. The molecule has 4 heteroatoms. The first-order valence-corrected chi connectivity index (χ1v) is 5.28. The van der Waals surface area contributed by atoms with Crippen LogP contribution in [0.2, 0.25) is 0 Å². The molecule has 14 heavy (non-hydrogen) atoms. The number of rotatable bonds is 7. The SMILES string of the molecule is CCC[C@H](N)C(=O)NC(C)CCCO. The third-order valence-electron chi connectivity index (χ3n) is 2.12. The molecule has 4 N–H and O–H groups in total. The van der Waals surface area contributed by atoms with Crippen molar-refractivity contribution in [3.63, 3.8) is 0 Å². The van der Waals surface area contributed by atoms with Gasteiger partial charge in [-0.1, -0.05) is 13.3 Å². The largest absolute Gasteiger partial charge is 0.396 e. The Hall–Kier alpha value is -0.610. The molecule has 0 aromatic heterocycles. The molecule has 0 aliphatic heterocycles. The van der Waals surface area contributed by atoms with Crippen LogP contribution in [0.1, 0.15) is 39.5 Å². The number of aliphatic hydroxyl groups is 1. The first kappa shape index (κ1) is 13.4. The number of carbonyl (C=O) groups is 1. The third-order valence-corrected chi connectivity index (χ3v) is 2.12. The van der Waals surface area contributed by atoms with E-state index in [0.717, 1.165) is 19.3 Å². The standard InChI is InChI=1S/C10H22N2O2/c1-3-5-9(11)10(14)12-8(2)6-4-7-13/h8-9,13H,3-7,11H2,1-2H3,(H,12,14)/t8?,9-/m0/s1. The average Bonchev–Trinajstić information content (AvgIpc) is 2.15. The number of amides is 1. The van der Waals surface area contributed by atoms with Gasteiger partial charge in [-0.3, -0.25) is 4.79 Å². The molecule has 1 amide bonds. The van der Waals surface area contributed by atoms with Crippen LogP contribution in [0.4, 0.5) is 0 Å². The molecule has 0 spiro atoms. The Morgan fingerprint density at radius 3 is 2.64 bits per heavy atom. The van der Waals surface area contributed by atoms with Crippen molar-refractivity contribution >= 4 is 5.91 Å². The quantitative estimate of drug-likeness (QED) is 0.559. The van der Waals surface area contributed by atoms with Crippen LogP contribution < -0.4 is 11.1 Å². The molecule has 0 radical (unpaired) electrons. The van der Waals surface area contributed by atoms with E-state index in [2.05, 4.69) is 5.32 Å². The van der Waals surface area contributed by atoms with Crippen LogP contribution >= 0.6 is 0 Å². The van der Waals surface area contributed by atoms with Crippen LogP contribution in [0.15, 0.2) is 0 Å². The van der Waals surface area contributed by atoms with Crippen molar-refractivity contribution in [2.75, 3.05) is 6.61 Å². The highest BCUT2D eigenvalue weighted by Crippen LogP contribution is 1.98. The highest BCUT2D eigenvalue weighted by molar-refractivity contribution is 5.81. The minimum atomic E-state index is -0.392. The van der Waals surface area contributed by atoms with E-state index in [9.17, 15) is 4.79 Å². The first-order chi connectivity index (χ1) is 6.61. The number of nitrogens with one attached hydrogen (secondary N) is 1. The third kappa shape index (κ3) is 5.94. The zero-order valence-corrected chi connectivity index (χ0v) is 9.12. The molecular formula is C10H22N2O2. The van der Waals surface area contributed by atoms with E-state index in [1.165, 1.54) is 0 Å². The molecule has 0 bridgehead atoms. The Morgan fingerprint density at radius 2 is 2.14 bits per heavy atom. The van der Waals surface area contributed by atoms with Gasteiger partial charge in [0, 0.05) is 12.6 Å². The lowest BCUT2D eigenvalue weighted by atomic mass is 10.1. The lowest BCUT2D eigenvalue weighted by Gasteiger charge is -2.16. The van der Waals surface area contributed by atoms with Gasteiger partial charge in [0.2, 0.25) is 5.91 Å². The average molecular weight is 202 g/mol. The predicted octanol–water partition coefficient (Wildman–Crippen LogP) is 0.391. The Bertz CT molecular complexity index is 162. The summed E-state index contributed by atoms with van der Waals surface area (Å²) >= 11 is 0. The lowest BCUT2D eigenvalue weighted by molar-refractivity contribution is -0.123. The molecule has 0 fully saturated rings. The molecule has 0 aromatic rings. The van der Waals surface area contributed by atoms with E-state index in [1.54, 1.807) is 0 Å². The summed E-state index contributed by atoms with van der Waals surface area (Å²) in [5.74, 6) is -0.0858. The molecule has 4 nitrogen and oxygen atoms in total. The van der Waals surface area contributed by atoms with E-state index in [4.69, 9.17) is 10.8 Å². The molecule has 1 unspecified atom stereocenters. The minimum Gasteiger partial charge on any atom is -0.396 e. The van der Waals surface area contributed by atoms with Gasteiger partial charge in [0.1, 0.15) is 0 Å². The first-order valence-electron chi connectivity index (χ1n) is 5.28. The highest BCUT2D eigenvalue weighted by Gasteiger charge is 2.13. The molecule has 0 saturated heterocycles. The van der Waals surface area contributed by atoms with Gasteiger partial charge < -0.3 is 16.2 Å². The summed E-state index contributed by atoms with van der Waals surface area (Å²) in [4.78, 5) is 11.4. The van der Waals surface area contributed by atoms with E-state index < -0.39 is 6.04 Å². The fraction of sp³-hybridized carbons (Fsp3) is 0.900. The Labute approximate surface area is 85.9 Å². The molecule has 2 atom stereocenters. The summed E-state index contributed by atoms with van der Waals surface area (Å²) in [5, 5.41) is 11.4. The van der Waals surface area contributed by atoms with Crippen molar-refractivity contribution in [2.45, 2.75) is 51.6 Å². The van der Waals surface area contributed by atoms with Crippen molar-refractivity contribution in [3.8, 4) is 0 Å². The Morgan fingerprint density at radius 1 is 1.50 bits per heavy atom. The summed E-state index contributed by atoms with van der Waals surface area (Å²) < 4.78 is 0. The Balaban J connectivity index is 3.69. The molecule has 0 aromatic carbocycles. The van der Waals surface area contributed by atoms with Gasteiger partial charge in [-0.25, -0.2) is 0 Å². The summed E-state index contributed by atoms with van der Waals surface area (Å²) in [6.45, 7) is 4.09. The van der Waals surface area contributed by atoms with E-state index in [0.29, 0.717) is 6.42 Å². The zero-order valence-electron chi connectivity index (χ0n) is 9.12. The van der Waals surface area contributed by atoms with Gasteiger partial charge in [-0.2, -0.15) is 0 Å². The predicted molar refractivity (Wildman–Crippen MR) is 56.8 cm³/mol. The molecule has 0 rings (SSSR count). The van der Waals surface area contributed by atoms with Crippen LogP contribution in [0.3, 0.4) is 0 Å². The van der Waals surface area contributed by atoms with Crippen molar-refractivity contribution in [2.24, 2.45) is 5.73 Å². The van der Waals surface area contributed by atoms with Gasteiger partial charge in [0.15, 0.2) is 0 Å². The number of nitrogens with two attached hydrogens (primary N) is 1. The second kappa shape index (κ2) is 7.76. The van der Waals surface area contributed by atoms with Crippen molar-refractivity contribution in [1.29, 1.82) is 0 Å². The maximum atomic E-state index is 11.4. The maximum Gasteiger partial charge on any atom is 0.237 e. The van der Waals surface area contributed by atoms with E-state index >= 15 is 0 Å². The fourth-order valence-corrected chi connectivity index (χ4v) is 1.26. The topological polar surface area (TPSA) is 75.4 Å². The maximum absolute atomic E-state index is 11.4. The van der Waals surface area contributed by atoms with Crippen LogP contribution in [0.5, 0.6) is 0 Å². The van der Waals surface area contributed by atoms with E-state index in [-0.39, 0.29) is 18.6 Å². The smallest absolute Gasteiger partial charge is 0.237 e. The summed E-state index contributed by atoms with van der Waals surface area (Å²) in [5.41, 5.74) is 5.64. The summed E-state index contributed by atoms with van der Waals surface area (Å²) in [7, 11) is 0.